The summed E-state index contributed by atoms with van der Waals surface area (Å²) in [7, 11) is 0. The van der Waals surface area contributed by atoms with Gasteiger partial charge in [0, 0.05) is 23.3 Å². The SMILES string of the molecule is O=CC(F)(F)F.c1cc2c(-c3ccc4c(c3)OCCO4)c(OC3CCNCC3)ccc2cn1. The van der Waals surface area contributed by atoms with Crippen molar-refractivity contribution < 1.29 is 32.2 Å². The van der Waals surface area contributed by atoms with E-state index in [4.69, 9.17) is 19.0 Å². The highest BCUT2D eigenvalue weighted by Gasteiger charge is 2.25. The van der Waals surface area contributed by atoms with Crippen molar-refractivity contribution in [1.82, 2.24) is 10.3 Å². The van der Waals surface area contributed by atoms with Gasteiger partial charge in [-0.25, -0.2) is 0 Å². The molecule has 1 N–H and O–H groups in total. The number of fused-ring (bicyclic) bond motifs is 2. The Morgan fingerprint density at radius 1 is 1.03 bits per heavy atom. The largest absolute Gasteiger partial charge is 0.490 e. The van der Waals surface area contributed by atoms with Crippen LogP contribution in [0.3, 0.4) is 0 Å². The maximum absolute atomic E-state index is 10.4. The zero-order chi connectivity index (χ0) is 23.3. The molecule has 9 heteroatoms. The van der Waals surface area contributed by atoms with Crippen LogP contribution in [0.25, 0.3) is 21.9 Å². The summed E-state index contributed by atoms with van der Waals surface area (Å²) in [6.07, 6.45) is 0.307. The number of rotatable bonds is 3. The third-order valence-corrected chi connectivity index (χ3v) is 5.33. The van der Waals surface area contributed by atoms with Gasteiger partial charge in [0.15, 0.2) is 11.5 Å². The van der Waals surface area contributed by atoms with Gasteiger partial charge in [-0.3, -0.25) is 9.78 Å². The lowest BCUT2D eigenvalue weighted by atomic mass is 9.97. The molecule has 0 bridgehead atoms. The van der Waals surface area contributed by atoms with Crippen molar-refractivity contribution in [3.05, 3.63) is 48.8 Å². The topological polar surface area (TPSA) is 69.7 Å². The van der Waals surface area contributed by atoms with Crippen molar-refractivity contribution >= 4 is 17.1 Å². The summed E-state index contributed by atoms with van der Waals surface area (Å²) in [6, 6.07) is 12.3. The maximum Gasteiger partial charge on any atom is 0.446 e. The lowest BCUT2D eigenvalue weighted by Crippen LogP contribution is -2.34. The number of hydrogen-bond acceptors (Lipinski definition) is 6. The van der Waals surface area contributed by atoms with E-state index in [9.17, 15) is 13.2 Å². The van der Waals surface area contributed by atoms with Gasteiger partial charge in [0.25, 0.3) is 0 Å². The number of aldehydes is 1. The number of halogens is 3. The van der Waals surface area contributed by atoms with Crippen molar-refractivity contribution in [3.63, 3.8) is 0 Å². The quantitative estimate of drug-likeness (QED) is 0.579. The van der Waals surface area contributed by atoms with Crippen molar-refractivity contribution in [2.45, 2.75) is 25.1 Å². The molecule has 2 aliphatic heterocycles. The van der Waals surface area contributed by atoms with Crippen LogP contribution in [0.5, 0.6) is 17.2 Å². The first-order valence-electron chi connectivity index (χ1n) is 10.6. The number of nitrogens with one attached hydrogen (secondary N) is 1. The number of alkyl halides is 3. The number of aromatic nitrogens is 1. The molecule has 1 saturated heterocycles. The van der Waals surface area contributed by atoms with E-state index in [0.29, 0.717) is 13.2 Å². The average Bonchev–Trinajstić information content (AvgIpc) is 2.84. The van der Waals surface area contributed by atoms with E-state index in [1.807, 2.05) is 18.5 Å². The summed E-state index contributed by atoms with van der Waals surface area (Å²) >= 11 is 0. The van der Waals surface area contributed by atoms with Gasteiger partial charge in [-0.2, -0.15) is 13.2 Å². The molecule has 0 unspecified atom stereocenters. The Morgan fingerprint density at radius 3 is 2.48 bits per heavy atom. The summed E-state index contributed by atoms with van der Waals surface area (Å²) in [4.78, 5) is 13.0. The second-order valence-electron chi connectivity index (χ2n) is 7.62. The van der Waals surface area contributed by atoms with E-state index in [0.717, 1.165) is 65.1 Å². The summed E-state index contributed by atoms with van der Waals surface area (Å²) in [6.45, 7) is 3.17. The van der Waals surface area contributed by atoms with E-state index in [1.165, 1.54) is 0 Å². The van der Waals surface area contributed by atoms with E-state index in [1.54, 1.807) is 0 Å². The number of nitrogens with zero attached hydrogens (tertiary/aromatic N) is 1. The minimum atomic E-state index is -4.64. The standard InChI is InChI=1S/C22H22N2O3.C2HF3O/c1-3-19-21(26-12-11-25-19)13-15(1)22-18-7-10-24-14-16(18)2-4-20(22)27-17-5-8-23-9-6-17;3-2(4,5)1-6/h1-4,7,10,13-14,17,23H,5-6,8-9,11-12H2;1H. The predicted molar refractivity (Wildman–Crippen MR) is 117 cm³/mol. The first kappa shape index (κ1) is 22.8. The van der Waals surface area contributed by atoms with Gasteiger partial charge >= 0.3 is 6.18 Å². The number of carbonyl (C=O) groups is 1. The van der Waals surface area contributed by atoms with Gasteiger partial charge in [0.2, 0.25) is 6.29 Å². The highest BCUT2D eigenvalue weighted by atomic mass is 19.4. The van der Waals surface area contributed by atoms with Crippen molar-refractivity contribution in [1.29, 1.82) is 0 Å². The Bertz CT molecular complexity index is 1110. The Hall–Kier alpha value is -3.33. The lowest BCUT2D eigenvalue weighted by Gasteiger charge is -2.26. The van der Waals surface area contributed by atoms with E-state index in [-0.39, 0.29) is 6.10 Å². The van der Waals surface area contributed by atoms with Gasteiger partial charge in [0.05, 0.1) is 0 Å². The zero-order valence-corrected chi connectivity index (χ0v) is 17.7. The Morgan fingerprint density at radius 2 is 1.76 bits per heavy atom. The maximum atomic E-state index is 10.4. The van der Waals surface area contributed by atoms with Crippen molar-refractivity contribution in [2.75, 3.05) is 26.3 Å². The molecule has 0 aliphatic carbocycles. The number of benzene rings is 2. The number of pyridine rings is 1. The molecular formula is C24H23F3N2O4. The molecule has 0 atom stereocenters. The second kappa shape index (κ2) is 10.1. The molecule has 3 aromatic rings. The van der Waals surface area contributed by atoms with Crippen molar-refractivity contribution in [3.8, 4) is 28.4 Å². The molecule has 0 radical (unpaired) electrons. The van der Waals surface area contributed by atoms with Crippen LogP contribution in [0.2, 0.25) is 0 Å². The highest BCUT2D eigenvalue weighted by Crippen LogP contribution is 2.41. The molecule has 0 amide bonds. The average molecular weight is 460 g/mol. The first-order valence-corrected chi connectivity index (χ1v) is 10.6. The number of ether oxygens (including phenoxy) is 3. The summed E-state index contributed by atoms with van der Waals surface area (Å²) in [5, 5.41) is 5.62. The Balaban J connectivity index is 0.000000385. The predicted octanol–water partition coefficient (Wildman–Crippen LogP) is 4.55. The minimum absolute atomic E-state index is 0.237. The number of carbonyl (C=O) groups excluding carboxylic acids is 1. The number of piperidine rings is 1. The summed E-state index contributed by atoms with van der Waals surface area (Å²) in [5.41, 5.74) is 2.16. The molecule has 33 heavy (non-hydrogen) atoms. The monoisotopic (exact) mass is 460 g/mol. The minimum Gasteiger partial charge on any atom is -0.490 e. The van der Waals surface area contributed by atoms with E-state index in [2.05, 4.69) is 40.6 Å². The molecule has 6 nitrogen and oxygen atoms in total. The number of hydrogen-bond donors (Lipinski definition) is 1. The summed E-state index contributed by atoms with van der Waals surface area (Å²) in [5.74, 6) is 2.50. The van der Waals surface area contributed by atoms with Gasteiger partial charge in [0.1, 0.15) is 25.1 Å². The fraction of sp³-hybridized carbons (Fsp3) is 0.333. The third-order valence-electron chi connectivity index (χ3n) is 5.33. The molecule has 0 spiro atoms. The van der Waals surface area contributed by atoms with E-state index >= 15 is 0 Å². The van der Waals surface area contributed by atoms with Gasteiger partial charge in [-0.1, -0.05) is 6.07 Å². The molecule has 5 rings (SSSR count). The zero-order valence-electron chi connectivity index (χ0n) is 17.7. The Kier molecular flexibility index (Phi) is 6.98. The van der Waals surface area contributed by atoms with Crippen LogP contribution >= 0.6 is 0 Å². The fourth-order valence-electron chi connectivity index (χ4n) is 3.84. The molecule has 2 aliphatic rings. The molecule has 174 valence electrons. The summed E-state index contributed by atoms with van der Waals surface area (Å²) < 4.78 is 49.2. The van der Waals surface area contributed by atoms with Crippen molar-refractivity contribution in [2.24, 2.45) is 0 Å². The Labute approximate surface area is 188 Å². The van der Waals surface area contributed by atoms with Crippen LogP contribution in [0.1, 0.15) is 12.8 Å². The molecule has 2 aromatic carbocycles. The van der Waals surface area contributed by atoms with Gasteiger partial charge in [-0.15, -0.1) is 0 Å². The molecule has 1 fully saturated rings. The van der Waals surface area contributed by atoms with Crippen LogP contribution < -0.4 is 19.5 Å². The third kappa shape index (κ3) is 5.73. The van der Waals surface area contributed by atoms with Crippen LogP contribution in [-0.2, 0) is 4.79 Å². The van der Waals surface area contributed by atoms with Crippen LogP contribution in [0, 0.1) is 0 Å². The highest BCUT2D eigenvalue weighted by molar-refractivity contribution is 5.99. The van der Waals surface area contributed by atoms with Crippen LogP contribution in [0.4, 0.5) is 13.2 Å². The van der Waals surface area contributed by atoms with Crippen LogP contribution in [0.15, 0.2) is 48.8 Å². The lowest BCUT2D eigenvalue weighted by molar-refractivity contribution is -0.156. The molecular weight excluding hydrogens is 437 g/mol. The fourth-order valence-corrected chi connectivity index (χ4v) is 3.84. The second-order valence-corrected chi connectivity index (χ2v) is 7.62. The normalized spacial score (nSPS) is 16.0. The molecule has 3 heterocycles. The van der Waals surface area contributed by atoms with E-state index < -0.39 is 12.5 Å². The van der Waals surface area contributed by atoms with Crippen LogP contribution in [-0.4, -0.2) is 49.9 Å². The molecule has 1 aromatic heterocycles. The molecule has 0 saturated carbocycles. The van der Waals surface area contributed by atoms with Gasteiger partial charge in [-0.05, 0) is 67.2 Å². The smallest absolute Gasteiger partial charge is 0.446 e. The van der Waals surface area contributed by atoms with Gasteiger partial charge < -0.3 is 19.5 Å². The first-order chi connectivity index (χ1) is 15.9.